The van der Waals surface area contributed by atoms with E-state index in [1.165, 1.54) is 7.11 Å². The van der Waals surface area contributed by atoms with Crippen molar-refractivity contribution in [2.24, 2.45) is 5.90 Å². The molecule has 14 heavy (non-hydrogen) atoms. The molecule has 0 saturated carbocycles. The zero-order valence-electron chi connectivity index (χ0n) is 8.32. The van der Waals surface area contributed by atoms with E-state index in [4.69, 9.17) is 10.6 Å². The van der Waals surface area contributed by atoms with Crippen LogP contribution in [0.5, 0.6) is 0 Å². The molecular formula is C8H15NO5. The normalized spacial score (nSPS) is 11.9. The van der Waals surface area contributed by atoms with Gasteiger partial charge in [0.1, 0.15) is 12.7 Å². The summed E-state index contributed by atoms with van der Waals surface area (Å²) in [6, 6.07) is 0. The molecule has 0 aromatic carbocycles. The molecule has 82 valence electrons. The van der Waals surface area contributed by atoms with E-state index in [-0.39, 0.29) is 25.6 Å². The first-order chi connectivity index (χ1) is 6.60. The highest BCUT2D eigenvalue weighted by molar-refractivity contribution is 5.77. The number of hydrogen-bond donors (Lipinski definition) is 1. The molecule has 0 heterocycles. The molecule has 0 fully saturated rings. The van der Waals surface area contributed by atoms with Crippen LogP contribution in [-0.2, 0) is 23.9 Å². The molecule has 0 amide bonds. The maximum Gasteiger partial charge on any atom is 0.306 e. The van der Waals surface area contributed by atoms with Gasteiger partial charge in [0, 0.05) is 0 Å². The van der Waals surface area contributed by atoms with E-state index in [1.807, 2.05) is 0 Å². The average Bonchev–Trinajstić information content (AvgIpc) is 2.22. The first kappa shape index (κ1) is 12.9. The Hall–Kier alpha value is -1.14. The summed E-state index contributed by atoms with van der Waals surface area (Å²) < 4.78 is 9.09. The molecule has 1 atom stereocenters. The summed E-state index contributed by atoms with van der Waals surface area (Å²) >= 11 is 0. The zero-order chi connectivity index (χ0) is 11.0. The van der Waals surface area contributed by atoms with Crippen LogP contribution in [0.1, 0.15) is 19.8 Å². The molecule has 1 unspecified atom stereocenters. The lowest BCUT2D eigenvalue weighted by Gasteiger charge is -2.08. The highest BCUT2D eigenvalue weighted by atomic mass is 16.6. The molecule has 0 bridgehead atoms. The Morgan fingerprint density at radius 1 is 1.29 bits per heavy atom. The summed E-state index contributed by atoms with van der Waals surface area (Å²) in [4.78, 5) is 26.0. The molecular weight excluding hydrogens is 190 g/mol. The second-order valence-corrected chi connectivity index (χ2v) is 2.71. The average molecular weight is 205 g/mol. The van der Waals surface area contributed by atoms with Crippen molar-refractivity contribution in [1.82, 2.24) is 0 Å². The summed E-state index contributed by atoms with van der Waals surface area (Å²) in [7, 11) is 1.26. The van der Waals surface area contributed by atoms with Gasteiger partial charge in [-0.2, -0.15) is 0 Å². The number of nitrogens with two attached hydrogens (primary N) is 1. The molecule has 2 N–H and O–H groups in total. The maximum absolute atomic E-state index is 11.0. The molecule has 0 rings (SSSR count). The number of rotatable bonds is 6. The highest BCUT2D eigenvalue weighted by Crippen LogP contribution is 1.96. The van der Waals surface area contributed by atoms with Crippen LogP contribution in [-0.4, -0.2) is 31.8 Å². The smallest absolute Gasteiger partial charge is 0.306 e. The minimum Gasteiger partial charge on any atom is -0.469 e. The Kier molecular flexibility index (Phi) is 6.69. The number of hydrogen-bond acceptors (Lipinski definition) is 6. The Balaban J connectivity index is 3.51. The molecule has 0 aliphatic carbocycles. The van der Waals surface area contributed by atoms with Crippen molar-refractivity contribution in [3.63, 3.8) is 0 Å². The number of ether oxygens (including phenoxy) is 2. The van der Waals surface area contributed by atoms with Gasteiger partial charge in [-0.05, 0) is 6.92 Å². The van der Waals surface area contributed by atoms with Crippen molar-refractivity contribution >= 4 is 11.9 Å². The van der Waals surface area contributed by atoms with Crippen LogP contribution in [0, 0.1) is 0 Å². The molecule has 6 heteroatoms. The topological polar surface area (TPSA) is 87.9 Å². The lowest BCUT2D eigenvalue weighted by Crippen LogP contribution is -2.22. The van der Waals surface area contributed by atoms with Gasteiger partial charge in [0.05, 0.1) is 20.0 Å². The summed E-state index contributed by atoms with van der Waals surface area (Å²) in [6.07, 6.45) is -0.325. The van der Waals surface area contributed by atoms with Gasteiger partial charge in [-0.3, -0.25) is 14.4 Å². The van der Waals surface area contributed by atoms with E-state index >= 15 is 0 Å². The van der Waals surface area contributed by atoms with Gasteiger partial charge in [0.2, 0.25) is 0 Å². The molecule has 0 aromatic rings. The first-order valence-electron chi connectivity index (χ1n) is 4.18. The van der Waals surface area contributed by atoms with E-state index in [2.05, 4.69) is 9.57 Å². The fourth-order valence-electron chi connectivity index (χ4n) is 0.628. The third kappa shape index (κ3) is 6.38. The van der Waals surface area contributed by atoms with E-state index in [0.717, 1.165) is 0 Å². The van der Waals surface area contributed by atoms with Crippen molar-refractivity contribution in [2.45, 2.75) is 25.9 Å². The number of esters is 2. The minimum atomic E-state index is -0.473. The summed E-state index contributed by atoms with van der Waals surface area (Å²) in [6.45, 7) is 1.74. The Morgan fingerprint density at radius 2 is 1.86 bits per heavy atom. The predicted molar refractivity (Wildman–Crippen MR) is 46.9 cm³/mol. The standard InChI is InChI=1S/C8H15NO5/c1-6(14-9)5-13-8(11)4-3-7(10)12-2/h6H,3-5,9H2,1-2H3. The SMILES string of the molecule is COC(=O)CCC(=O)OCC(C)ON. The van der Waals surface area contributed by atoms with Crippen LogP contribution < -0.4 is 5.90 Å². The van der Waals surface area contributed by atoms with Crippen molar-refractivity contribution < 1.29 is 23.9 Å². The van der Waals surface area contributed by atoms with Crippen molar-refractivity contribution in [1.29, 1.82) is 0 Å². The third-order valence-electron chi connectivity index (χ3n) is 1.47. The fourth-order valence-corrected chi connectivity index (χ4v) is 0.628. The van der Waals surface area contributed by atoms with E-state index in [0.29, 0.717) is 0 Å². The predicted octanol–water partition coefficient (Wildman–Crippen LogP) is -0.238. The second kappa shape index (κ2) is 7.28. The molecule has 0 radical (unpaired) electrons. The lowest BCUT2D eigenvalue weighted by atomic mass is 10.3. The molecule has 0 aromatic heterocycles. The molecule has 0 aliphatic heterocycles. The number of methoxy groups -OCH3 is 1. The monoisotopic (exact) mass is 205 g/mol. The van der Waals surface area contributed by atoms with Gasteiger partial charge in [-0.1, -0.05) is 0 Å². The van der Waals surface area contributed by atoms with Crippen LogP contribution in [0.3, 0.4) is 0 Å². The quantitative estimate of drug-likeness (QED) is 0.475. The van der Waals surface area contributed by atoms with Crippen LogP contribution in [0.2, 0.25) is 0 Å². The van der Waals surface area contributed by atoms with Crippen molar-refractivity contribution in [2.75, 3.05) is 13.7 Å². The lowest BCUT2D eigenvalue weighted by molar-refractivity contribution is -0.151. The Bertz CT molecular complexity index is 194. The first-order valence-corrected chi connectivity index (χ1v) is 4.18. The summed E-state index contributed by atoms with van der Waals surface area (Å²) in [5, 5.41) is 0. The van der Waals surface area contributed by atoms with Crippen molar-refractivity contribution in [3.8, 4) is 0 Å². The van der Waals surface area contributed by atoms with E-state index in [1.54, 1.807) is 6.92 Å². The van der Waals surface area contributed by atoms with Gasteiger partial charge in [-0.25, -0.2) is 5.90 Å². The zero-order valence-corrected chi connectivity index (χ0v) is 8.32. The largest absolute Gasteiger partial charge is 0.469 e. The molecule has 0 spiro atoms. The van der Waals surface area contributed by atoms with Crippen LogP contribution in [0.25, 0.3) is 0 Å². The Morgan fingerprint density at radius 3 is 2.36 bits per heavy atom. The Labute approximate surface area is 82.3 Å². The van der Waals surface area contributed by atoms with E-state index in [9.17, 15) is 9.59 Å². The fraction of sp³-hybridized carbons (Fsp3) is 0.750. The highest BCUT2D eigenvalue weighted by Gasteiger charge is 2.09. The van der Waals surface area contributed by atoms with Gasteiger partial charge >= 0.3 is 11.9 Å². The van der Waals surface area contributed by atoms with Gasteiger partial charge < -0.3 is 9.47 Å². The minimum absolute atomic E-state index is 0.00393. The summed E-state index contributed by atoms with van der Waals surface area (Å²) in [5.74, 6) is 3.92. The van der Waals surface area contributed by atoms with E-state index < -0.39 is 11.9 Å². The van der Waals surface area contributed by atoms with Crippen LogP contribution in [0.4, 0.5) is 0 Å². The van der Waals surface area contributed by atoms with Crippen molar-refractivity contribution in [3.05, 3.63) is 0 Å². The second-order valence-electron chi connectivity index (χ2n) is 2.71. The third-order valence-corrected chi connectivity index (χ3v) is 1.47. The van der Waals surface area contributed by atoms with Crippen LogP contribution in [0.15, 0.2) is 0 Å². The molecule has 0 saturated heterocycles. The van der Waals surface area contributed by atoms with Gasteiger partial charge in [0.25, 0.3) is 0 Å². The van der Waals surface area contributed by atoms with Crippen LogP contribution >= 0.6 is 0 Å². The molecule has 0 aliphatic rings. The number of carbonyl (C=O) groups is 2. The number of carbonyl (C=O) groups excluding carboxylic acids is 2. The molecule has 6 nitrogen and oxygen atoms in total. The van der Waals surface area contributed by atoms with Gasteiger partial charge in [0.15, 0.2) is 0 Å². The maximum atomic E-state index is 11.0. The summed E-state index contributed by atoms with van der Waals surface area (Å²) in [5.41, 5.74) is 0. The van der Waals surface area contributed by atoms with Gasteiger partial charge in [-0.15, -0.1) is 0 Å².